The van der Waals surface area contributed by atoms with Crippen molar-refractivity contribution in [2.75, 3.05) is 0 Å². The first kappa shape index (κ1) is 9.21. The molecule has 1 aromatic carbocycles. The molecule has 1 atom stereocenters. The fraction of sp³-hybridized carbons (Fsp3) is 0.467. The van der Waals surface area contributed by atoms with Gasteiger partial charge in [-0.1, -0.05) is 31.2 Å². The van der Waals surface area contributed by atoms with E-state index < -0.39 is 0 Å². The molecule has 0 amide bonds. The molecule has 3 rings (SSSR count). The maximum absolute atomic E-state index is 2.39. The van der Waals surface area contributed by atoms with Crippen molar-refractivity contribution in [3.8, 4) is 0 Å². The molecule has 0 bridgehead atoms. The van der Waals surface area contributed by atoms with E-state index in [-0.39, 0.29) is 0 Å². The van der Waals surface area contributed by atoms with Crippen LogP contribution in [0, 0.1) is 0 Å². The van der Waals surface area contributed by atoms with Crippen LogP contribution in [-0.2, 0) is 12.8 Å². The van der Waals surface area contributed by atoms with Crippen LogP contribution < -0.4 is 0 Å². The van der Waals surface area contributed by atoms with Crippen LogP contribution in [0.1, 0.15) is 54.4 Å². The van der Waals surface area contributed by atoms with E-state index in [1.165, 1.54) is 37.7 Å². The highest BCUT2D eigenvalue weighted by Gasteiger charge is 2.22. The summed E-state index contributed by atoms with van der Waals surface area (Å²) in [6.45, 7) is 2.30. The van der Waals surface area contributed by atoms with Crippen molar-refractivity contribution in [3.63, 3.8) is 0 Å². The predicted octanol–water partition coefficient (Wildman–Crippen LogP) is 4.09. The second-order valence-corrected chi connectivity index (χ2v) is 4.79. The van der Waals surface area contributed by atoms with E-state index in [1.54, 1.807) is 16.7 Å². The molecule has 0 fully saturated rings. The maximum Gasteiger partial charge on any atom is 0.00274 e. The standard InChI is InChI=1S/C15H18/c1-2-11-7-9-13-10-8-12-5-3-4-6-14(12)15(11)13/h7-11H,2-6H2,1H3. The third kappa shape index (κ3) is 1.35. The van der Waals surface area contributed by atoms with E-state index in [0.29, 0.717) is 5.92 Å². The van der Waals surface area contributed by atoms with Gasteiger partial charge in [0.25, 0.3) is 0 Å². The molecule has 2 aliphatic carbocycles. The van der Waals surface area contributed by atoms with Crippen LogP contribution in [0.4, 0.5) is 0 Å². The molecule has 1 unspecified atom stereocenters. The average Bonchev–Trinajstić information content (AvgIpc) is 2.72. The lowest BCUT2D eigenvalue weighted by atomic mass is 9.83. The fourth-order valence-corrected chi connectivity index (χ4v) is 3.11. The minimum Gasteiger partial charge on any atom is -0.0764 e. The molecule has 15 heavy (non-hydrogen) atoms. The van der Waals surface area contributed by atoms with Gasteiger partial charge in [0, 0.05) is 5.92 Å². The van der Waals surface area contributed by atoms with Crippen molar-refractivity contribution in [3.05, 3.63) is 40.5 Å². The quantitative estimate of drug-likeness (QED) is 0.637. The molecule has 0 saturated heterocycles. The number of fused-ring (bicyclic) bond motifs is 3. The van der Waals surface area contributed by atoms with Gasteiger partial charge in [-0.3, -0.25) is 0 Å². The molecule has 2 aliphatic rings. The largest absolute Gasteiger partial charge is 0.0764 e. The van der Waals surface area contributed by atoms with Crippen molar-refractivity contribution in [1.29, 1.82) is 0 Å². The van der Waals surface area contributed by atoms with Gasteiger partial charge in [0.1, 0.15) is 0 Å². The smallest absolute Gasteiger partial charge is 0.00274 e. The average molecular weight is 198 g/mol. The summed E-state index contributed by atoms with van der Waals surface area (Å²) in [4.78, 5) is 0. The van der Waals surface area contributed by atoms with Gasteiger partial charge in [0.15, 0.2) is 0 Å². The molecule has 0 spiro atoms. The molecule has 0 heteroatoms. The van der Waals surface area contributed by atoms with E-state index in [0.717, 1.165) is 0 Å². The van der Waals surface area contributed by atoms with Crippen LogP contribution in [-0.4, -0.2) is 0 Å². The van der Waals surface area contributed by atoms with Crippen LogP contribution in [0.5, 0.6) is 0 Å². The minimum absolute atomic E-state index is 0.702. The molecular formula is C15H18. The lowest BCUT2D eigenvalue weighted by Gasteiger charge is -2.22. The van der Waals surface area contributed by atoms with E-state index in [1.807, 2.05) is 0 Å². The van der Waals surface area contributed by atoms with Gasteiger partial charge in [-0.05, 0) is 54.4 Å². The molecule has 1 aromatic rings. The first-order valence-electron chi connectivity index (χ1n) is 6.23. The van der Waals surface area contributed by atoms with Crippen LogP contribution in [0.15, 0.2) is 18.2 Å². The third-order valence-corrected chi connectivity index (χ3v) is 3.93. The Kier molecular flexibility index (Phi) is 2.16. The number of aryl methyl sites for hydroxylation is 1. The Bertz CT molecular complexity index is 412. The predicted molar refractivity (Wildman–Crippen MR) is 65.2 cm³/mol. The van der Waals surface area contributed by atoms with E-state index >= 15 is 0 Å². The number of benzene rings is 1. The summed E-state index contributed by atoms with van der Waals surface area (Å²) in [5.41, 5.74) is 6.47. The Morgan fingerprint density at radius 3 is 2.93 bits per heavy atom. The first-order valence-corrected chi connectivity index (χ1v) is 6.23. The van der Waals surface area contributed by atoms with Crippen molar-refractivity contribution < 1.29 is 0 Å². The molecule has 0 saturated carbocycles. The van der Waals surface area contributed by atoms with Crippen LogP contribution in [0.25, 0.3) is 6.08 Å². The summed E-state index contributed by atoms with van der Waals surface area (Å²) < 4.78 is 0. The molecule has 0 aliphatic heterocycles. The SMILES string of the molecule is CCC1C=Cc2ccc3c(c21)CCCC3. The Labute approximate surface area is 92.0 Å². The Morgan fingerprint density at radius 1 is 1.20 bits per heavy atom. The number of rotatable bonds is 1. The molecule has 78 valence electrons. The third-order valence-electron chi connectivity index (χ3n) is 3.93. The Hall–Kier alpha value is -1.04. The van der Waals surface area contributed by atoms with Gasteiger partial charge in [0.05, 0.1) is 0 Å². The topological polar surface area (TPSA) is 0 Å². The van der Waals surface area contributed by atoms with E-state index in [2.05, 4.69) is 31.2 Å². The molecule has 0 aromatic heterocycles. The number of allylic oxidation sites excluding steroid dienone is 1. The summed E-state index contributed by atoms with van der Waals surface area (Å²) in [5, 5.41) is 0. The lowest BCUT2D eigenvalue weighted by Crippen LogP contribution is -2.08. The van der Waals surface area contributed by atoms with Gasteiger partial charge in [0.2, 0.25) is 0 Å². The van der Waals surface area contributed by atoms with Gasteiger partial charge in [-0.25, -0.2) is 0 Å². The summed E-state index contributed by atoms with van der Waals surface area (Å²) in [5.74, 6) is 0.702. The molecule has 0 N–H and O–H groups in total. The van der Waals surface area contributed by atoms with E-state index in [9.17, 15) is 0 Å². The van der Waals surface area contributed by atoms with Gasteiger partial charge >= 0.3 is 0 Å². The van der Waals surface area contributed by atoms with E-state index in [4.69, 9.17) is 0 Å². The van der Waals surface area contributed by atoms with Gasteiger partial charge < -0.3 is 0 Å². The second-order valence-electron chi connectivity index (χ2n) is 4.79. The summed E-state index contributed by atoms with van der Waals surface area (Å²) in [7, 11) is 0. The monoisotopic (exact) mass is 198 g/mol. The lowest BCUT2D eigenvalue weighted by molar-refractivity contribution is 0.669. The number of hydrogen-bond donors (Lipinski definition) is 0. The maximum atomic E-state index is 2.39. The zero-order valence-corrected chi connectivity index (χ0v) is 9.42. The van der Waals surface area contributed by atoms with Crippen LogP contribution >= 0.6 is 0 Å². The van der Waals surface area contributed by atoms with Crippen molar-refractivity contribution in [2.24, 2.45) is 0 Å². The van der Waals surface area contributed by atoms with Crippen LogP contribution in [0.3, 0.4) is 0 Å². The highest BCUT2D eigenvalue weighted by molar-refractivity contribution is 5.66. The molecule has 0 nitrogen and oxygen atoms in total. The summed E-state index contributed by atoms with van der Waals surface area (Å²) in [6, 6.07) is 4.68. The summed E-state index contributed by atoms with van der Waals surface area (Å²) >= 11 is 0. The van der Waals surface area contributed by atoms with Gasteiger partial charge in [-0.15, -0.1) is 0 Å². The van der Waals surface area contributed by atoms with Gasteiger partial charge in [-0.2, -0.15) is 0 Å². The normalized spacial score (nSPS) is 22.6. The zero-order valence-electron chi connectivity index (χ0n) is 9.42. The number of hydrogen-bond acceptors (Lipinski definition) is 0. The minimum atomic E-state index is 0.702. The van der Waals surface area contributed by atoms with Crippen molar-refractivity contribution in [2.45, 2.75) is 44.9 Å². The first-order chi connectivity index (χ1) is 7.40. The van der Waals surface area contributed by atoms with Crippen molar-refractivity contribution in [1.82, 2.24) is 0 Å². The zero-order chi connectivity index (χ0) is 10.3. The highest BCUT2D eigenvalue weighted by atomic mass is 14.3. The second kappa shape index (κ2) is 3.52. The fourth-order valence-electron chi connectivity index (χ4n) is 3.11. The van der Waals surface area contributed by atoms with Crippen molar-refractivity contribution >= 4 is 6.08 Å². The van der Waals surface area contributed by atoms with Crippen LogP contribution in [0.2, 0.25) is 0 Å². The summed E-state index contributed by atoms with van der Waals surface area (Å²) in [6.07, 6.45) is 11.4. The molecule has 0 radical (unpaired) electrons. The highest BCUT2D eigenvalue weighted by Crippen LogP contribution is 2.38. The molecular weight excluding hydrogens is 180 g/mol. The molecule has 0 heterocycles. The Morgan fingerprint density at radius 2 is 2.07 bits per heavy atom. The Balaban J connectivity index is 2.15.